The summed E-state index contributed by atoms with van der Waals surface area (Å²) in [6.45, 7) is 5.62. The lowest BCUT2D eigenvalue weighted by atomic mass is 9.87. The third-order valence-corrected chi connectivity index (χ3v) is 5.80. The number of aromatic nitrogens is 3. The highest BCUT2D eigenvalue weighted by Crippen LogP contribution is 2.23. The molecule has 0 spiro atoms. The number of aryl methyl sites for hydroxylation is 1. The molecule has 0 atom stereocenters. The van der Waals surface area contributed by atoms with E-state index >= 15 is 0 Å². The van der Waals surface area contributed by atoms with Gasteiger partial charge in [0.05, 0.1) is 6.54 Å². The molecule has 0 aromatic carbocycles. The highest BCUT2D eigenvalue weighted by molar-refractivity contribution is 7.09. The maximum absolute atomic E-state index is 4.76. The molecule has 1 aliphatic rings. The molecule has 0 amide bonds. The minimum absolute atomic E-state index is 0.506. The Morgan fingerprint density at radius 2 is 2.12 bits per heavy atom. The van der Waals surface area contributed by atoms with E-state index in [1.54, 1.807) is 11.3 Å². The van der Waals surface area contributed by atoms with Gasteiger partial charge in [0, 0.05) is 18.0 Å². The quantitative estimate of drug-likeness (QED) is 0.635. The number of thiophene rings is 1. The van der Waals surface area contributed by atoms with Crippen molar-refractivity contribution in [3.8, 4) is 0 Å². The SMILES string of the molecule is Cc1nnc(CN=C(NCc2cccs2)NC2CCC(C)CC2)n1C. The van der Waals surface area contributed by atoms with Crippen LogP contribution < -0.4 is 10.6 Å². The van der Waals surface area contributed by atoms with Gasteiger partial charge in [0.1, 0.15) is 12.4 Å². The lowest BCUT2D eigenvalue weighted by Gasteiger charge is -2.28. The van der Waals surface area contributed by atoms with Gasteiger partial charge < -0.3 is 15.2 Å². The standard InChI is InChI=1S/C18H28N6S/c1-13-6-8-15(9-7-13)21-18(19-11-16-5-4-10-25-16)20-12-17-23-22-14(2)24(17)3/h4-5,10,13,15H,6-9,11-12H2,1-3H3,(H2,19,20,21). The summed E-state index contributed by atoms with van der Waals surface area (Å²) in [5.74, 6) is 3.51. The molecule has 25 heavy (non-hydrogen) atoms. The van der Waals surface area contributed by atoms with Gasteiger partial charge in [0.2, 0.25) is 0 Å². The van der Waals surface area contributed by atoms with E-state index in [1.165, 1.54) is 30.6 Å². The smallest absolute Gasteiger partial charge is 0.192 e. The molecule has 0 radical (unpaired) electrons. The largest absolute Gasteiger partial charge is 0.354 e. The molecule has 2 aromatic rings. The molecule has 0 aliphatic heterocycles. The first kappa shape index (κ1) is 17.9. The van der Waals surface area contributed by atoms with E-state index in [9.17, 15) is 0 Å². The summed E-state index contributed by atoms with van der Waals surface area (Å²) in [5.41, 5.74) is 0. The first-order chi connectivity index (χ1) is 12.1. The van der Waals surface area contributed by atoms with Crippen LogP contribution in [0.25, 0.3) is 0 Å². The zero-order chi connectivity index (χ0) is 17.6. The molecule has 0 bridgehead atoms. The number of hydrogen-bond donors (Lipinski definition) is 2. The zero-order valence-corrected chi connectivity index (χ0v) is 16.1. The Morgan fingerprint density at radius 3 is 2.76 bits per heavy atom. The van der Waals surface area contributed by atoms with E-state index in [4.69, 9.17) is 4.99 Å². The van der Waals surface area contributed by atoms with Crippen molar-refractivity contribution >= 4 is 17.3 Å². The van der Waals surface area contributed by atoms with Crippen LogP contribution in [0.3, 0.4) is 0 Å². The molecule has 0 saturated heterocycles. The lowest BCUT2D eigenvalue weighted by Crippen LogP contribution is -2.44. The van der Waals surface area contributed by atoms with Crippen LogP contribution in [0.5, 0.6) is 0 Å². The van der Waals surface area contributed by atoms with Gasteiger partial charge in [-0.15, -0.1) is 21.5 Å². The van der Waals surface area contributed by atoms with Crippen LogP contribution in [-0.2, 0) is 20.1 Å². The summed E-state index contributed by atoms with van der Waals surface area (Å²) in [4.78, 5) is 6.06. The molecule has 1 saturated carbocycles. The number of hydrogen-bond acceptors (Lipinski definition) is 4. The monoisotopic (exact) mass is 360 g/mol. The fourth-order valence-corrected chi connectivity index (χ4v) is 3.72. The fraction of sp³-hybridized carbons (Fsp3) is 0.611. The van der Waals surface area contributed by atoms with E-state index in [-0.39, 0.29) is 0 Å². The van der Waals surface area contributed by atoms with E-state index in [0.29, 0.717) is 12.6 Å². The lowest BCUT2D eigenvalue weighted by molar-refractivity contribution is 0.329. The summed E-state index contributed by atoms with van der Waals surface area (Å²) >= 11 is 1.76. The fourth-order valence-electron chi connectivity index (χ4n) is 3.07. The van der Waals surface area contributed by atoms with Crippen LogP contribution in [0.4, 0.5) is 0 Å². The molecule has 6 nitrogen and oxygen atoms in total. The van der Waals surface area contributed by atoms with Crippen LogP contribution >= 0.6 is 11.3 Å². The highest BCUT2D eigenvalue weighted by Gasteiger charge is 2.19. The summed E-state index contributed by atoms with van der Waals surface area (Å²) in [5, 5.41) is 17.5. The molecule has 2 aromatic heterocycles. The second-order valence-corrected chi connectivity index (χ2v) is 7.95. The number of guanidine groups is 1. The van der Waals surface area contributed by atoms with Gasteiger partial charge in [-0.1, -0.05) is 13.0 Å². The van der Waals surface area contributed by atoms with Crippen molar-refractivity contribution in [2.45, 2.75) is 58.7 Å². The Bertz CT molecular complexity index is 682. The average Bonchev–Trinajstić information content (AvgIpc) is 3.24. The second kappa shape index (κ2) is 8.47. The number of rotatable bonds is 5. The highest BCUT2D eigenvalue weighted by atomic mass is 32.1. The molecule has 1 fully saturated rings. The zero-order valence-electron chi connectivity index (χ0n) is 15.3. The van der Waals surface area contributed by atoms with Gasteiger partial charge in [0.15, 0.2) is 11.8 Å². The molecule has 0 unspecified atom stereocenters. The topological polar surface area (TPSA) is 67.1 Å². The third-order valence-electron chi connectivity index (χ3n) is 4.93. The van der Waals surface area contributed by atoms with Gasteiger partial charge in [-0.3, -0.25) is 0 Å². The van der Waals surface area contributed by atoms with Crippen LogP contribution in [0.2, 0.25) is 0 Å². The summed E-state index contributed by atoms with van der Waals surface area (Å²) < 4.78 is 1.99. The van der Waals surface area contributed by atoms with Gasteiger partial charge in [-0.05, 0) is 50.0 Å². The average molecular weight is 361 g/mol. The molecule has 2 heterocycles. The van der Waals surface area contributed by atoms with Gasteiger partial charge in [0.25, 0.3) is 0 Å². The van der Waals surface area contributed by atoms with Crippen LogP contribution in [0, 0.1) is 12.8 Å². The van der Waals surface area contributed by atoms with Gasteiger partial charge >= 0.3 is 0 Å². The van der Waals surface area contributed by atoms with Crippen LogP contribution in [-0.4, -0.2) is 26.8 Å². The number of nitrogens with zero attached hydrogens (tertiary/aromatic N) is 4. The van der Waals surface area contributed by atoms with E-state index in [1.807, 2.05) is 18.5 Å². The van der Waals surface area contributed by atoms with E-state index in [0.717, 1.165) is 30.1 Å². The summed E-state index contributed by atoms with van der Waals surface area (Å²) in [7, 11) is 1.98. The number of aliphatic imine (C=N–C) groups is 1. The van der Waals surface area contributed by atoms with Crippen molar-refractivity contribution in [1.82, 2.24) is 25.4 Å². The Kier molecular flexibility index (Phi) is 6.07. The normalized spacial score (nSPS) is 21.3. The maximum atomic E-state index is 4.76. The molecular weight excluding hydrogens is 332 g/mol. The van der Waals surface area contributed by atoms with E-state index < -0.39 is 0 Å². The number of nitrogens with one attached hydrogen (secondary N) is 2. The molecular formula is C18H28N6S. The molecule has 2 N–H and O–H groups in total. The van der Waals surface area contributed by atoms with Crippen LogP contribution in [0.1, 0.15) is 49.1 Å². The van der Waals surface area contributed by atoms with Crippen molar-refractivity contribution in [3.05, 3.63) is 34.0 Å². The van der Waals surface area contributed by atoms with Crippen molar-refractivity contribution in [2.75, 3.05) is 0 Å². The predicted molar refractivity (Wildman–Crippen MR) is 103 cm³/mol. The first-order valence-corrected chi connectivity index (χ1v) is 9.92. The second-order valence-electron chi connectivity index (χ2n) is 6.92. The summed E-state index contributed by atoms with van der Waals surface area (Å²) in [6, 6.07) is 4.73. The van der Waals surface area contributed by atoms with Gasteiger partial charge in [-0.25, -0.2) is 4.99 Å². The van der Waals surface area contributed by atoms with Gasteiger partial charge in [-0.2, -0.15) is 0 Å². The van der Waals surface area contributed by atoms with Crippen LogP contribution in [0.15, 0.2) is 22.5 Å². The Labute approximate surface area is 153 Å². The predicted octanol–water partition coefficient (Wildman–Crippen LogP) is 3.00. The van der Waals surface area contributed by atoms with Crippen molar-refractivity contribution < 1.29 is 0 Å². The van der Waals surface area contributed by atoms with Crippen molar-refractivity contribution in [1.29, 1.82) is 0 Å². The van der Waals surface area contributed by atoms with Crippen molar-refractivity contribution in [3.63, 3.8) is 0 Å². The maximum Gasteiger partial charge on any atom is 0.192 e. The molecule has 3 rings (SSSR count). The van der Waals surface area contributed by atoms with Crippen molar-refractivity contribution in [2.24, 2.45) is 18.0 Å². The van der Waals surface area contributed by atoms with E-state index in [2.05, 4.69) is 45.3 Å². The third kappa shape index (κ3) is 5.04. The first-order valence-electron chi connectivity index (χ1n) is 9.04. The molecule has 7 heteroatoms. The summed E-state index contributed by atoms with van der Waals surface area (Å²) in [6.07, 6.45) is 5.00. The minimum atomic E-state index is 0.506. The Morgan fingerprint density at radius 1 is 1.32 bits per heavy atom. The molecule has 1 aliphatic carbocycles. The Balaban J connectivity index is 1.64. The molecule has 136 valence electrons. The minimum Gasteiger partial charge on any atom is -0.354 e. The Hall–Kier alpha value is -1.89.